The van der Waals surface area contributed by atoms with E-state index >= 15 is 0 Å². The first-order valence-electron chi connectivity index (χ1n) is 6.58. The summed E-state index contributed by atoms with van der Waals surface area (Å²) in [6.07, 6.45) is 2.86. The maximum absolute atomic E-state index is 10.3. The maximum atomic E-state index is 10.3. The summed E-state index contributed by atoms with van der Waals surface area (Å²) in [6, 6.07) is 8.52. The lowest BCUT2D eigenvalue weighted by atomic mass is 9.95. The molecule has 0 aromatic heterocycles. The van der Waals surface area contributed by atoms with Gasteiger partial charge in [-0.05, 0) is 37.4 Å². The van der Waals surface area contributed by atoms with Gasteiger partial charge < -0.3 is 10.4 Å². The van der Waals surface area contributed by atoms with Crippen molar-refractivity contribution in [3.8, 4) is 0 Å². The van der Waals surface area contributed by atoms with E-state index in [1.807, 2.05) is 6.92 Å². The van der Waals surface area contributed by atoms with Crippen LogP contribution in [0.3, 0.4) is 0 Å². The van der Waals surface area contributed by atoms with Crippen molar-refractivity contribution in [3.63, 3.8) is 0 Å². The molecule has 2 heteroatoms. The molecule has 0 amide bonds. The molecule has 0 bridgehead atoms. The lowest BCUT2D eigenvalue weighted by molar-refractivity contribution is 0.0604. The summed E-state index contributed by atoms with van der Waals surface area (Å²) >= 11 is 0. The van der Waals surface area contributed by atoms with Crippen molar-refractivity contribution in [2.24, 2.45) is 0 Å². The number of hydrogen-bond donors (Lipinski definition) is 2. The van der Waals surface area contributed by atoms with Gasteiger partial charge in [-0.25, -0.2) is 0 Å². The van der Waals surface area contributed by atoms with Gasteiger partial charge in [0, 0.05) is 13.0 Å². The summed E-state index contributed by atoms with van der Waals surface area (Å²) in [5.74, 6) is 0. The Morgan fingerprint density at radius 2 is 1.71 bits per heavy atom. The smallest absolute Gasteiger partial charge is 0.0783 e. The molecule has 1 aromatic rings. The van der Waals surface area contributed by atoms with E-state index in [1.165, 1.54) is 11.1 Å². The van der Waals surface area contributed by atoms with Crippen molar-refractivity contribution in [2.45, 2.75) is 45.6 Å². The molecule has 0 aliphatic heterocycles. The molecule has 0 aliphatic rings. The summed E-state index contributed by atoms with van der Waals surface area (Å²) in [5, 5.41) is 13.5. The lowest BCUT2D eigenvalue weighted by Gasteiger charge is -2.24. The third-order valence-corrected chi connectivity index (χ3v) is 2.95. The highest BCUT2D eigenvalue weighted by molar-refractivity contribution is 5.23. The van der Waals surface area contributed by atoms with E-state index in [0.717, 1.165) is 19.4 Å². The second kappa shape index (κ2) is 6.77. The third-order valence-electron chi connectivity index (χ3n) is 2.95. The number of hydrogen-bond acceptors (Lipinski definition) is 2. The minimum absolute atomic E-state index is 0.649. The molecule has 17 heavy (non-hydrogen) atoms. The molecule has 0 fully saturated rings. The molecule has 0 saturated carbocycles. The average molecular weight is 235 g/mol. The van der Waals surface area contributed by atoms with Crippen LogP contribution in [0.2, 0.25) is 0 Å². The summed E-state index contributed by atoms with van der Waals surface area (Å²) in [6.45, 7) is 7.79. The second-order valence-electron chi connectivity index (χ2n) is 5.02. The highest BCUT2D eigenvalue weighted by Gasteiger charge is 2.19. The van der Waals surface area contributed by atoms with Crippen molar-refractivity contribution in [1.29, 1.82) is 0 Å². The molecule has 2 N–H and O–H groups in total. The van der Waals surface area contributed by atoms with E-state index < -0.39 is 5.60 Å². The van der Waals surface area contributed by atoms with Crippen molar-refractivity contribution in [2.75, 3.05) is 13.1 Å². The van der Waals surface area contributed by atoms with Crippen molar-refractivity contribution >= 4 is 0 Å². The van der Waals surface area contributed by atoms with E-state index in [1.54, 1.807) is 0 Å². The zero-order chi connectivity index (χ0) is 12.7. The van der Waals surface area contributed by atoms with Crippen molar-refractivity contribution in [1.82, 2.24) is 5.32 Å². The van der Waals surface area contributed by atoms with Crippen molar-refractivity contribution < 1.29 is 5.11 Å². The van der Waals surface area contributed by atoms with Crippen molar-refractivity contribution in [3.05, 3.63) is 35.4 Å². The van der Waals surface area contributed by atoms with Crippen LogP contribution in [0.4, 0.5) is 0 Å². The average Bonchev–Trinajstić information content (AvgIpc) is 2.30. The second-order valence-corrected chi connectivity index (χ2v) is 5.02. The van der Waals surface area contributed by atoms with Crippen LogP contribution in [0, 0.1) is 0 Å². The summed E-state index contributed by atoms with van der Waals surface area (Å²) in [4.78, 5) is 0. The first-order valence-corrected chi connectivity index (χ1v) is 6.58. The molecule has 1 atom stereocenters. The van der Waals surface area contributed by atoms with Crippen LogP contribution < -0.4 is 5.32 Å². The highest BCUT2D eigenvalue weighted by Crippen LogP contribution is 2.13. The third kappa shape index (κ3) is 5.33. The first-order chi connectivity index (χ1) is 8.07. The number of aliphatic hydroxyl groups is 1. The van der Waals surface area contributed by atoms with Gasteiger partial charge >= 0.3 is 0 Å². The monoisotopic (exact) mass is 235 g/mol. The fourth-order valence-corrected chi connectivity index (χ4v) is 1.93. The van der Waals surface area contributed by atoms with Gasteiger partial charge in [0.1, 0.15) is 0 Å². The summed E-state index contributed by atoms with van der Waals surface area (Å²) in [7, 11) is 0. The Morgan fingerprint density at radius 3 is 2.24 bits per heavy atom. The van der Waals surface area contributed by atoms with Crippen LogP contribution in [0.1, 0.15) is 38.3 Å². The molecule has 0 spiro atoms. The first kappa shape index (κ1) is 14.2. The summed E-state index contributed by atoms with van der Waals surface area (Å²) in [5.41, 5.74) is 1.88. The summed E-state index contributed by atoms with van der Waals surface area (Å²) < 4.78 is 0. The van der Waals surface area contributed by atoms with Crippen LogP contribution in [0.5, 0.6) is 0 Å². The minimum atomic E-state index is -0.664. The van der Waals surface area contributed by atoms with Crippen LogP contribution in [-0.2, 0) is 12.8 Å². The van der Waals surface area contributed by atoms with E-state index in [4.69, 9.17) is 0 Å². The van der Waals surface area contributed by atoms with Crippen LogP contribution in [0.25, 0.3) is 0 Å². The normalized spacial score (nSPS) is 14.6. The van der Waals surface area contributed by atoms with E-state index in [9.17, 15) is 5.11 Å². The van der Waals surface area contributed by atoms with Gasteiger partial charge in [-0.15, -0.1) is 0 Å². The molecule has 1 aromatic carbocycles. The lowest BCUT2D eigenvalue weighted by Crippen LogP contribution is -2.39. The quantitative estimate of drug-likeness (QED) is 0.712. The zero-order valence-electron chi connectivity index (χ0n) is 11.3. The minimum Gasteiger partial charge on any atom is -0.389 e. The fourth-order valence-electron chi connectivity index (χ4n) is 1.93. The van der Waals surface area contributed by atoms with Gasteiger partial charge in [0.25, 0.3) is 0 Å². The van der Waals surface area contributed by atoms with Crippen LogP contribution >= 0.6 is 0 Å². The number of aryl methyl sites for hydroxylation is 1. The fraction of sp³-hybridized carbons (Fsp3) is 0.600. The molecule has 2 nitrogen and oxygen atoms in total. The number of rotatable bonds is 7. The maximum Gasteiger partial charge on any atom is 0.0783 e. The SMILES string of the molecule is CCCNCC(C)(O)Cc1ccc(CC)cc1. The molecule has 1 rings (SSSR count). The number of nitrogens with one attached hydrogen (secondary N) is 1. The molecule has 1 unspecified atom stereocenters. The Kier molecular flexibility index (Phi) is 5.66. The Balaban J connectivity index is 2.50. The van der Waals surface area contributed by atoms with Gasteiger partial charge in [-0.1, -0.05) is 38.1 Å². The Hall–Kier alpha value is -0.860. The van der Waals surface area contributed by atoms with Gasteiger partial charge in [-0.2, -0.15) is 0 Å². The van der Waals surface area contributed by atoms with Gasteiger partial charge in [-0.3, -0.25) is 0 Å². The Bertz CT molecular complexity index is 316. The molecule has 0 saturated heterocycles. The molecule has 96 valence electrons. The molecule has 0 heterocycles. The van der Waals surface area contributed by atoms with E-state index in [-0.39, 0.29) is 0 Å². The van der Waals surface area contributed by atoms with E-state index in [2.05, 4.69) is 43.4 Å². The molecule has 0 radical (unpaired) electrons. The standard InChI is InChI=1S/C15H25NO/c1-4-10-16-12-15(3,17)11-14-8-6-13(5-2)7-9-14/h6-9,16-17H,4-5,10-12H2,1-3H3. The van der Waals surface area contributed by atoms with Gasteiger partial charge in [0.2, 0.25) is 0 Å². The van der Waals surface area contributed by atoms with Gasteiger partial charge in [0.15, 0.2) is 0 Å². The van der Waals surface area contributed by atoms with Crippen LogP contribution in [-0.4, -0.2) is 23.8 Å². The predicted octanol–water partition coefficient (Wildman–Crippen LogP) is 2.54. The predicted molar refractivity (Wildman–Crippen MR) is 73.3 cm³/mol. The molecular weight excluding hydrogens is 210 g/mol. The highest BCUT2D eigenvalue weighted by atomic mass is 16.3. The zero-order valence-corrected chi connectivity index (χ0v) is 11.3. The van der Waals surface area contributed by atoms with Gasteiger partial charge in [0.05, 0.1) is 5.60 Å². The Labute approximate surface area is 105 Å². The van der Waals surface area contributed by atoms with Crippen LogP contribution in [0.15, 0.2) is 24.3 Å². The Morgan fingerprint density at radius 1 is 1.12 bits per heavy atom. The van der Waals surface area contributed by atoms with E-state index in [0.29, 0.717) is 13.0 Å². The number of benzene rings is 1. The molecule has 0 aliphatic carbocycles. The molecular formula is C15H25NO. The topological polar surface area (TPSA) is 32.3 Å². The largest absolute Gasteiger partial charge is 0.389 e.